The minimum Gasteiger partial charge on any atom is -0.378 e. The molecule has 1 saturated heterocycles. The average molecular weight is 471 g/mol. The van der Waals surface area contributed by atoms with Crippen LogP contribution in [0.1, 0.15) is 16.2 Å². The number of hydrogen-bond acceptors (Lipinski definition) is 4. The van der Waals surface area contributed by atoms with Gasteiger partial charge in [-0.15, -0.1) is 0 Å². The van der Waals surface area contributed by atoms with E-state index >= 15 is 0 Å². The molecular weight excluding hydrogens is 448 g/mol. The molecule has 0 unspecified atom stereocenters. The van der Waals surface area contributed by atoms with Crippen molar-refractivity contribution in [2.45, 2.75) is 13.0 Å². The third-order valence-corrected chi connectivity index (χ3v) is 5.66. The van der Waals surface area contributed by atoms with Crippen LogP contribution in [-0.2, 0) is 22.5 Å². The lowest BCUT2D eigenvalue weighted by Gasteiger charge is -2.27. The van der Waals surface area contributed by atoms with Gasteiger partial charge in [0, 0.05) is 36.1 Å². The SMILES string of the molecule is O=C(NCCc1nc2ccccc2n1CC(=O)N1CCOCC1)c1ccc(Br)cc1. The van der Waals surface area contributed by atoms with Crippen LogP contribution in [0, 0.1) is 0 Å². The van der Waals surface area contributed by atoms with Crippen molar-refractivity contribution in [1.29, 1.82) is 0 Å². The van der Waals surface area contributed by atoms with Crippen molar-refractivity contribution in [3.8, 4) is 0 Å². The second-order valence-electron chi connectivity index (χ2n) is 7.11. The van der Waals surface area contributed by atoms with Crippen LogP contribution in [0.5, 0.6) is 0 Å². The summed E-state index contributed by atoms with van der Waals surface area (Å²) in [4.78, 5) is 31.7. The molecule has 0 spiro atoms. The van der Waals surface area contributed by atoms with Gasteiger partial charge in [0.2, 0.25) is 5.91 Å². The number of nitrogens with zero attached hydrogens (tertiary/aromatic N) is 3. The van der Waals surface area contributed by atoms with E-state index in [1.54, 1.807) is 12.1 Å². The second kappa shape index (κ2) is 9.40. The molecule has 8 heteroatoms. The molecule has 30 heavy (non-hydrogen) atoms. The number of fused-ring (bicyclic) bond motifs is 1. The van der Waals surface area contributed by atoms with Gasteiger partial charge in [-0.1, -0.05) is 28.1 Å². The van der Waals surface area contributed by atoms with Gasteiger partial charge in [-0.2, -0.15) is 0 Å². The zero-order valence-electron chi connectivity index (χ0n) is 16.5. The normalized spacial score (nSPS) is 14.1. The lowest BCUT2D eigenvalue weighted by molar-refractivity contribution is -0.135. The van der Waals surface area contributed by atoms with E-state index in [1.807, 2.05) is 45.9 Å². The number of imidazole rings is 1. The van der Waals surface area contributed by atoms with Crippen LogP contribution in [0.25, 0.3) is 11.0 Å². The molecule has 2 heterocycles. The molecule has 1 N–H and O–H groups in total. The third-order valence-electron chi connectivity index (χ3n) is 5.13. The molecule has 3 aromatic rings. The highest BCUT2D eigenvalue weighted by molar-refractivity contribution is 9.10. The van der Waals surface area contributed by atoms with Gasteiger partial charge in [0.15, 0.2) is 0 Å². The Morgan fingerprint density at radius 3 is 2.57 bits per heavy atom. The van der Waals surface area contributed by atoms with Crippen molar-refractivity contribution in [1.82, 2.24) is 19.8 Å². The summed E-state index contributed by atoms with van der Waals surface area (Å²) in [5.74, 6) is 0.713. The topological polar surface area (TPSA) is 76.5 Å². The molecule has 2 amide bonds. The van der Waals surface area contributed by atoms with Crippen LogP contribution in [0.3, 0.4) is 0 Å². The summed E-state index contributed by atoms with van der Waals surface area (Å²) in [6.45, 7) is 3.05. The maximum absolute atomic E-state index is 12.8. The first-order valence-corrected chi connectivity index (χ1v) is 10.7. The molecule has 0 radical (unpaired) electrons. The van der Waals surface area contributed by atoms with Gasteiger partial charge >= 0.3 is 0 Å². The van der Waals surface area contributed by atoms with Crippen LogP contribution in [-0.4, -0.2) is 59.1 Å². The molecule has 1 aromatic heterocycles. The summed E-state index contributed by atoms with van der Waals surface area (Å²) in [5.41, 5.74) is 2.38. The Morgan fingerprint density at radius 1 is 1.07 bits per heavy atom. The highest BCUT2D eigenvalue weighted by Crippen LogP contribution is 2.17. The van der Waals surface area contributed by atoms with E-state index in [9.17, 15) is 9.59 Å². The Bertz CT molecular complexity index is 1040. The maximum atomic E-state index is 12.8. The van der Waals surface area contributed by atoms with Gasteiger partial charge in [0.05, 0.1) is 24.2 Å². The molecule has 0 atom stereocenters. The predicted octanol–water partition coefficient (Wildman–Crippen LogP) is 2.63. The average Bonchev–Trinajstić information content (AvgIpc) is 3.12. The van der Waals surface area contributed by atoms with Gasteiger partial charge in [0.25, 0.3) is 5.91 Å². The van der Waals surface area contributed by atoms with Gasteiger partial charge < -0.3 is 19.5 Å². The number of benzene rings is 2. The molecule has 156 valence electrons. The van der Waals surface area contributed by atoms with Crippen LogP contribution >= 0.6 is 15.9 Å². The van der Waals surface area contributed by atoms with Gasteiger partial charge in [0.1, 0.15) is 12.4 Å². The van der Waals surface area contributed by atoms with E-state index in [0.29, 0.717) is 44.8 Å². The Labute approximate surface area is 183 Å². The Kier molecular flexibility index (Phi) is 6.44. The highest BCUT2D eigenvalue weighted by atomic mass is 79.9. The fraction of sp³-hybridized carbons (Fsp3) is 0.318. The third kappa shape index (κ3) is 4.71. The number of carbonyl (C=O) groups is 2. The summed E-state index contributed by atoms with van der Waals surface area (Å²) in [6, 6.07) is 15.0. The number of rotatable bonds is 6. The lowest BCUT2D eigenvalue weighted by atomic mass is 10.2. The molecule has 1 aliphatic rings. The van der Waals surface area contributed by atoms with Crippen molar-refractivity contribution in [3.63, 3.8) is 0 Å². The fourth-order valence-corrected chi connectivity index (χ4v) is 3.80. The number of morpholine rings is 1. The molecule has 0 aliphatic carbocycles. The van der Waals surface area contributed by atoms with Crippen LogP contribution < -0.4 is 5.32 Å². The highest BCUT2D eigenvalue weighted by Gasteiger charge is 2.20. The van der Waals surface area contributed by atoms with Crippen molar-refractivity contribution in [2.75, 3.05) is 32.8 Å². The quantitative estimate of drug-likeness (QED) is 0.600. The first-order valence-electron chi connectivity index (χ1n) is 9.95. The number of hydrogen-bond donors (Lipinski definition) is 1. The van der Waals surface area contributed by atoms with Gasteiger partial charge in [-0.3, -0.25) is 9.59 Å². The smallest absolute Gasteiger partial charge is 0.251 e. The van der Waals surface area contributed by atoms with Crippen LogP contribution in [0.4, 0.5) is 0 Å². The minimum absolute atomic E-state index is 0.0570. The summed E-state index contributed by atoms with van der Waals surface area (Å²) in [7, 11) is 0. The second-order valence-corrected chi connectivity index (χ2v) is 8.02. The zero-order valence-corrected chi connectivity index (χ0v) is 18.1. The first kappa shape index (κ1) is 20.6. The van der Waals surface area contributed by atoms with Gasteiger partial charge in [-0.05, 0) is 36.4 Å². The van der Waals surface area contributed by atoms with Crippen molar-refractivity contribution in [2.24, 2.45) is 0 Å². The van der Waals surface area contributed by atoms with Crippen molar-refractivity contribution < 1.29 is 14.3 Å². The molecular formula is C22H23BrN4O3. The van der Waals surface area contributed by atoms with Crippen LogP contribution in [0.2, 0.25) is 0 Å². The Morgan fingerprint density at radius 2 is 1.80 bits per heavy atom. The number of ether oxygens (including phenoxy) is 1. The van der Waals surface area contributed by atoms with Crippen LogP contribution in [0.15, 0.2) is 53.0 Å². The molecule has 1 fully saturated rings. The fourth-order valence-electron chi connectivity index (χ4n) is 3.53. The van der Waals surface area contributed by atoms with E-state index in [0.717, 1.165) is 21.3 Å². The van der Waals surface area contributed by atoms with E-state index in [-0.39, 0.29) is 18.4 Å². The standard InChI is InChI=1S/C22H23BrN4O3/c23-17-7-5-16(6-8-17)22(29)24-10-9-20-25-18-3-1-2-4-19(18)27(20)15-21(28)26-11-13-30-14-12-26/h1-8H,9-15H2,(H,24,29). The Hall–Kier alpha value is -2.71. The summed E-state index contributed by atoms with van der Waals surface area (Å²) in [5, 5.41) is 2.94. The number of halogens is 1. The summed E-state index contributed by atoms with van der Waals surface area (Å²) in [6.07, 6.45) is 0.535. The number of aromatic nitrogens is 2. The van der Waals surface area contributed by atoms with Gasteiger partial charge in [-0.25, -0.2) is 4.98 Å². The monoisotopic (exact) mass is 470 g/mol. The Balaban J connectivity index is 1.46. The van der Waals surface area contributed by atoms with Crippen molar-refractivity contribution >= 4 is 38.8 Å². The number of para-hydroxylation sites is 2. The zero-order chi connectivity index (χ0) is 20.9. The molecule has 0 bridgehead atoms. The van der Waals surface area contributed by atoms with E-state index in [1.165, 1.54) is 0 Å². The molecule has 2 aromatic carbocycles. The molecule has 7 nitrogen and oxygen atoms in total. The molecule has 0 saturated carbocycles. The maximum Gasteiger partial charge on any atom is 0.251 e. The number of amides is 2. The predicted molar refractivity (Wildman–Crippen MR) is 117 cm³/mol. The summed E-state index contributed by atoms with van der Waals surface area (Å²) < 4.78 is 8.23. The number of nitrogens with one attached hydrogen (secondary N) is 1. The number of carbonyl (C=O) groups excluding carboxylic acids is 2. The summed E-state index contributed by atoms with van der Waals surface area (Å²) >= 11 is 3.37. The van der Waals surface area contributed by atoms with E-state index < -0.39 is 0 Å². The lowest BCUT2D eigenvalue weighted by Crippen LogP contribution is -2.42. The molecule has 4 rings (SSSR count). The first-order chi connectivity index (χ1) is 14.6. The van der Waals surface area contributed by atoms with E-state index in [4.69, 9.17) is 9.72 Å². The largest absolute Gasteiger partial charge is 0.378 e. The van der Waals surface area contributed by atoms with E-state index in [2.05, 4.69) is 21.2 Å². The van der Waals surface area contributed by atoms with Crippen molar-refractivity contribution in [3.05, 3.63) is 64.4 Å². The minimum atomic E-state index is -0.130. The molecule has 1 aliphatic heterocycles.